The molecule has 1 saturated carbocycles. The second-order valence-corrected chi connectivity index (χ2v) is 4.15. The van der Waals surface area contributed by atoms with Gasteiger partial charge in [0.05, 0.1) is 12.5 Å². The first-order valence-corrected chi connectivity index (χ1v) is 5.53. The van der Waals surface area contributed by atoms with Crippen LogP contribution in [0.25, 0.3) is 0 Å². The van der Waals surface area contributed by atoms with Crippen LogP contribution in [-0.4, -0.2) is 39.9 Å². The minimum absolute atomic E-state index is 0.0620. The van der Waals surface area contributed by atoms with Gasteiger partial charge in [0, 0.05) is 20.3 Å². The molecule has 0 saturated heterocycles. The third-order valence-corrected chi connectivity index (χ3v) is 3.09. The van der Waals surface area contributed by atoms with E-state index in [-0.39, 0.29) is 11.4 Å². The van der Waals surface area contributed by atoms with Crippen LogP contribution in [0.3, 0.4) is 0 Å². The highest BCUT2D eigenvalue weighted by atomic mass is 16.5. The largest absolute Gasteiger partial charge is 0.469 e. The highest BCUT2D eigenvalue weighted by Gasteiger charge is 2.44. The molecule has 0 atom stereocenters. The van der Waals surface area contributed by atoms with E-state index >= 15 is 0 Å². The van der Waals surface area contributed by atoms with Gasteiger partial charge in [0.1, 0.15) is 0 Å². The summed E-state index contributed by atoms with van der Waals surface area (Å²) >= 11 is 0. The van der Waals surface area contributed by atoms with Crippen LogP contribution in [0, 0.1) is 5.41 Å². The van der Waals surface area contributed by atoms with Gasteiger partial charge in [-0.1, -0.05) is 6.42 Å². The van der Waals surface area contributed by atoms with Crippen molar-refractivity contribution in [2.45, 2.75) is 25.7 Å². The van der Waals surface area contributed by atoms with E-state index in [0.29, 0.717) is 0 Å². The van der Waals surface area contributed by atoms with E-state index in [1.54, 1.807) is 7.11 Å². The molecule has 1 N–H and O–H groups in total. The first-order chi connectivity index (χ1) is 7.25. The topological polar surface area (TPSA) is 47.6 Å². The number of hydrogen-bond acceptors (Lipinski definition) is 4. The summed E-state index contributed by atoms with van der Waals surface area (Å²) < 4.78 is 9.78. The Morgan fingerprint density at radius 2 is 2.13 bits per heavy atom. The Morgan fingerprint density at radius 1 is 1.40 bits per heavy atom. The maximum absolute atomic E-state index is 11.5. The fourth-order valence-electron chi connectivity index (χ4n) is 1.94. The molecule has 15 heavy (non-hydrogen) atoms. The number of hydrogen-bond donors (Lipinski definition) is 1. The molecule has 0 unspecified atom stereocenters. The molecule has 0 spiro atoms. The quantitative estimate of drug-likeness (QED) is 0.507. The SMILES string of the molecule is COCCCNCC1(C(=O)OC)CCC1. The maximum Gasteiger partial charge on any atom is 0.313 e. The molecular weight excluding hydrogens is 194 g/mol. The zero-order valence-corrected chi connectivity index (χ0v) is 9.67. The van der Waals surface area contributed by atoms with Gasteiger partial charge in [0.25, 0.3) is 0 Å². The Labute approximate surface area is 91.3 Å². The number of carbonyl (C=O) groups is 1. The third-order valence-electron chi connectivity index (χ3n) is 3.09. The fraction of sp³-hybridized carbons (Fsp3) is 0.909. The van der Waals surface area contributed by atoms with E-state index in [2.05, 4.69) is 5.32 Å². The monoisotopic (exact) mass is 215 g/mol. The van der Waals surface area contributed by atoms with E-state index in [0.717, 1.165) is 45.4 Å². The minimum atomic E-state index is -0.234. The van der Waals surface area contributed by atoms with Gasteiger partial charge in [-0.25, -0.2) is 0 Å². The molecule has 1 fully saturated rings. The molecule has 0 aromatic heterocycles. The second kappa shape index (κ2) is 6.08. The van der Waals surface area contributed by atoms with Gasteiger partial charge in [-0.15, -0.1) is 0 Å². The zero-order chi connectivity index (χ0) is 11.1. The number of nitrogens with one attached hydrogen (secondary N) is 1. The summed E-state index contributed by atoms with van der Waals surface area (Å²) in [5.74, 6) is -0.0620. The van der Waals surface area contributed by atoms with Gasteiger partial charge in [-0.05, 0) is 25.8 Å². The van der Waals surface area contributed by atoms with Gasteiger partial charge in [-0.2, -0.15) is 0 Å². The molecule has 0 aromatic rings. The molecule has 88 valence electrons. The van der Waals surface area contributed by atoms with Crippen molar-refractivity contribution in [3.63, 3.8) is 0 Å². The van der Waals surface area contributed by atoms with Crippen LogP contribution in [0.2, 0.25) is 0 Å². The molecule has 0 aliphatic heterocycles. The molecule has 1 rings (SSSR count). The maximum atomic E-state index is 11.5. The lowest BCUT2D eigenvalue weighted by molar-refractivity contribution is -0.158. The molecule has 0 aromatic carbocycles. The summed E-state index contributed by atoms with van der Waals surface area (Å²) in [6.45, 7) is 2.40. The van der Waals surface area contributed by atoms with Crippen molar-refractivity contribution >= 4 is 5.97 Å². The standard InChI is InChI=1S/C11H21NO3/c1-14-8-4-7-12-9-11(5-3-6-11)10(13)15-2/h12H,3-9H2,1-2H3. The van der Waals surface area contributed by atoms with E-state index in [4.69, 9.17) is 9.47 Å². The summed E-state index contributed by atoms with van der Waals surface area (Å²) in [7, 11) is 3.16. The van der Waals surface area contributed by atoms with Crippen LogP contribution in [-0.2, 0) is 14.3 Å². The van der Waals surface area contributed by atoms with Crippen LogP contribution in [0.4, 0.5) is 0 Å². The summed E-state index contributed by atoms with van der Waals surface area (Å²) in [4.78, 5) is 11.5. The molecule has 1 aliphatic rings. The van der Waals surface area contributed by atoms with Crippen LogP contribution < -0.4 is 5.32 Å². The van der Waals surface area contributed by atoms with Gasteiger partial charge in [0.2, 0.25) is 0 Å². The van der Waals surface area contributed by atoms with E-state index in [9.17, 15) is 4.79 Å². The number of esters is 1. The average Bonchev–Trinajstić information content (AvgIpc) is 2.20. The Balaban J connectivity index is 2.19. The molecule has 4 nitrogen and oxygen atoms in total. The molecule has 0 bridgehead atoms. The Kier molecular flexibility index (Phi) is 5.05. The van der Waals surface area contributed by atoms with Crippen molar-refractivity contribution in [1.82, 2.24) is 5.32 Å². The highest BCUT2D eigenvalue weighted by Crippen LogP contribution is 2.41. The molecule has 1 aliphatic carbocycles. The summed E-state index contributed by atoms with van der Waals surface area (Å²) in [5, 5.41) is 3.30. The van der Waals surface area contributed by atoms with Crippen molar-refractivity contribution < 1.29 is 14.3 Å². The molecular formula is C11H21NO3. The summed E-state index contributed by atoms with van der Waals surface area (Å²) in [6, 6.07) is 0. The van der Waals surface area contributed by atoms with Crippen molar-refractivity contribution in [3.05, 3.63) is 0 Å². The van der Waals surface area contributed by atoms with Crippen molar-refractivity contribution in [3.8, 4) is 0 Å². The van der Waals surface area contributed by atoms with Gasteiger partial charge in [-0.3, -0.25) is 4.79 Å². The Morgan fingerprint density at radius 3 is 2.60 bits per heavy atom. The van der Waals surface area contributed by atoms with Gasteiger partial charge < -0.3 is 14.8 Å². The lowest BCUT2D eigenvalue weighted by atomic mass is 9.68. The predicted octanol–water partition coefficient (Wildman–Crippen LogP) is 0.956. The normalized spacial score (nSPS) is 18.3. The first-order valence-electron chi connectivity index (χ1n) is 5.53. The molecule has 0 radical (unpaired) electrons. The number of rotatable bonds is 7. The summed E-state index contributed by atoms with van der Waals surface area (Å²) in [6.07, 6.45) is 4.02. The predicted molar refractivity (Wildman–Crippen MR) is 57.7 cm³/mol. The molecule has 4 heteroatoms. The second-order valence-electron chi connectivity index (χ2n) is 4.15. The van der Waals surface area contributed by atoms with Crippen molar-refractivity contribution in [2.75, 3.05) is 33.9 Å². The number of ether oxygens (including phenoxy) is 2. The molecule has 0 heterocycles. The van der Waals surface area contributed by atoms with Crippen LogP contribution >= 0.6 is 0 Å². The fourth-order valence-corrected chi connectivity index (χ4v) is 1.94. The zero-order valence-electron chi connectivity index (χ0n) is 9.67. The number of methoxy groups -OCH3 is 2. The van der Waals surface area contributed by atoms with Crippen LogP contribution in [0.5, 0.6) is 0 Å². The van der Waals surface area contributed by atoms with E-state index in [1.165, 1.54) is 7.11 Å². The van der Waals surface area contributed by atoms with Crippen molar-refractivity contribution in [1.29, 1.82) is 0 Å². The molecule has 0 amide bonds. The van der Waals surface area contributed by atoms with Gasteiger partial charge >= 0.3 is 5.97 Å². The lowest BCUT2D eigenvalue weighted by Crippen LogP contribution is -2.47. The van der Waals surface area contributed by atoms with Crippen LogP contribution in [0.15, 0.2) is 0 Å². The number of carbonyl (C=O) groups excluding carboxylic acids is 1. The Bertz CT molecular complexity index is 202. The van der Waals surface area contributed by atoms with Gasteiger partial charge in [0.15, 0.2) is 0 Å². The average molecular weight is 215 g/mol. The van der Waals surface area contributed by atoms with Crippen molar-refractivity contribution in [2.24, 2.45) is 5.41 Å². The first kappa shape index (κ1) is 12.5. The summed E-state index contributed by atoms with van der Waals surface area (Å²) in [5.41, 5.74) is -0.234. The Hall–Kier alpha value is -0.610. The smallest absolute Gasteiger partial charge is 0.313 e. The third kappa shape index (κ3) is 3.18. The van der Waals surface area contributed by atoms with Crippen LogP contribution in [0.1, 0.15) is 25.7 Å². The highest BCUT2D eigenvalue weighted by molar-refractivity contribution is 5.78. The van der Waals surface area contributed by atoms with E-state index < -0.39 is 0 Å². The minimum Gasteiger partial charge on any atom is -0.469 e. The lowest BCUT2D eigenvalue weighted by Gasteiger charge is -2.39. The van der Waals surface area contributed by atoms with E-state index in [1.807, 2.05) is 0 Å².